The Morgan fingerprint density at radius 2 is 2.22 bits per heavy atom. The van der Waals surface area contributed by atoms with Crippen LogP contribution in [0, 0.1) is 6.92 Å². The molecule has 3 nitrogen and oxygen atoms in total. The topological polar surface area (TPSA) is 55.1 Å². The molecule has 100 valence electrons. The molecule has 1 rings (SSSR count). The maximum atomic E-state index is 11.6. The fraction of sp³-hybridized carbons (Fsp3) is 0.500. The van der Waals surface area contributed by atoms with Crippen molar-refractivity contribution in [2.75, 3.05) is 6.54 Å². The SMILES string of the molecule is Cc1cc(CCC(=O)NCCC(C)N)ccc1Br. The van der Waals surface area contributed by atoms with Crippen molar-refractivity contribution in [3.8, 4) is 0 Å². The van der Waals surface area contributed by atoms with E-state index in [1.807, 2.05) is 19.1 Å². The third-order valence-electron chi connectivity index (χ3n) is 2.78. The molecule has 0 aliphatic rings. The molecule has 0 radical (unpaired) electrons. The molecule has 0 aliphatic carbocycles. The van der Waals surface area contributed by atoms with Gasteiger partial charge in [0, 0.05) is 23.5 Å². The van der Waals surface area contributed by atoms with Gasteiger partial charge in [0.25, 0.3) is 0 Å². The highest BCUT2D eigenvalue weighted by Gasteiger charge is 2.03. The minimum atomic E-state index is 0.0937. The van der Waals surface area contributed by atoms with Gasteiger partial charge >= 0.3 is 0 Å². The molecule has 1 atom stereocenters. The summed E-state index contributed by atoms with van der Waals surface area (Å²) in [6.45, 7) is 4.66. The first-order valence-corrected chi connectivity index (χ1v) is 7.05. The Labute approximate surface area is 117 Å². The van der Waals surface area contributed by atoms with Crippen molar-refractivity contribution in [2.45, 2.75) is 39.2 Å². The first-order valence-electron chi connectivity index (χ1n) is 6.26. The standard InChI is InChI=1S/C14H21BrN2O/c1-10-9-12(3-5-13(10)15)4-6-14(18)17-8-7-11(2)16/h3,5,9,11H,4,6-8,16H2,1-2H3,(H,17,18). The van der Waals surface area contributed by atoms with Gasteiger partial charge in [-0.2, -0.15) is 0 Å². The van der Waals surface area contributed by atoms with Crippen LogP contribution >= 0.6 is 15.9 Å². The first-order chi connectivity index (χ1) is 8.49. The lowest BCUT2D eigenvalue weighted by Crippen LogP contribution is -2.29. The summed E-state index contributed by atoms with van der Waals surface area (Å²) >= 11 is 3.47. The van der Waals surface area contributed by atoms with E-state index in [9.17, 15) is 4.79 Å². The largest absolute Gasteiger partial charge is 0.356 e. The lowest BCUT2D eigenvalue weighted by Gasteiger charge is -2.08. The normalized spacial score (nSPS) is 12.2. The Morgan fingerprint density at radius 3 is 2.83 bits per heavy atom. The van der Waals surface area contributed by atoms with E-state index in [4.69, 9.17) is 5.73 Å². The van der Waals surface area contributed by atoms with E-state index in [2.05, 4.69) is 34.2 Å². The average Bonchev–Trinajstić information content (AvgIpc) is 2.30. The van der Waals surface area contributed by atoms with Crippen LogP contribution in [0.2, 0.25) is 0 Å². The third kappa shape index (κ3) is 5.65. The van der Waals surface area contributed by atoms with Crippen LogP contribution in [0.1, 0.15) is 30.9 Å². The minimum absolute atomic E-state index is 0.0937. The Balaban J connectivity index is 2.31. The van der Waals surface area contributed by atoms with E-state index in [1.54, 1.807) is 0 Å². The molecule has 3 N–H and O–H groups in total. The summed E-state index contributed by atoms with van der Waals surface area (Å²) in [5, 5.41) is 2.88. The van der Waals surface area contributed by atoms with E-state index in [1.165, 1.54) is 11.1 Å². The molecule has 0 spiro atoms. The second-order valence-electron chi connectivity index (χ2n) is 4.70. The van der Waals surface area contributed by atoms with Crippen molar-refractivity contribution < 1.29 is 4.79 Å². The molecule has 0 heterocycles. The number of nitrogens with one attached hydrogen (secondary N) is 1. The number of rotatable bonds is 6. The molecule has 1 amide bonds. The van der Waals surface area contributed by atoms with E-state index < -0.39 is 0 Å². The molecule has 18 heavy (non-hydrogen) atoms. The number of benzene rings is 1. The molecule has 1 aromatic carbocycles. The lowest BCUT2D eigenvalue weighted by molar-refractivity contribution is -0.121. The smallest absolute Gasteiger partial charge is 0.220 e. The third-order valence-corrected chi connectivity index (χ3v) is 3.67. The molecule has 0 fully saturated rings. The maximum absolute atomic E-state index is 11.6. The molecular weight excluding hydrogens is 292 g/mol. The second kappa shape index (κ2) is 7.54. The Hall–Kier alpha value is -0.870. The van der Waals surface area contributed by atoms with Crippen LogP contribution in [0.4, 0.5) is 0 Å². The van der Waals surface area contributed by atoms with Gasteiger partial charge < -0.3 is 11.1 Å². The highest BCUT2D eigenvalue weighted by molar-refractivity contribution is 9.10. The minimum Gasteiger partial charge on any atom is -0.356 e. The molecular formula is C14H21BrN2O. The number of carbonyl (C=O) groups is 1. The van der Waals surface area contributed by atoms with Crippen LogP contribution in [0.15, 0.2) is 22.7 Å². The number of nitrogens with two attached hydrogens (primary N) is 1. The summed E-state index contributed by atoms with van der Waals surface area (Å²) in [4.78, 5) is 11.6. The van der Waals surface area contributed by atoms with Crippen LogP contribution < -0.4 is 11.1 Å². The Morgan fingerprint density at radius 1 is 1.50 bits per heavy atom. The zero-order chi connectivity index (χ0) is 13.5. The molecule has 0 aromatic heterocycles. The van der Waals surface area contributed by atoms with Gasteiger partial charge in [-0.1, -0.05) is 28.1 Å². The van der Waals surface area contributed by atoms with Crippen molar-refractivity contribution in [3.63, 3.8) is 0 Å². The molecule has 4 heteroatoms. The molecule has 0 saturated heterocycles. The Kier molecular flexibility index (Phi) is 6.36. The van der Waals surface area contributed by atoms with Crippen molar-refractivity contribution in [3.05, 3.63) is 33.8 Å². The molecule has 0 bridgehead atoms. The lowest BCUT2D eigenvalue weighted by atomic mass is 10.1. The van der Waals surface area contributed by atoms with Gasteiger partial charge in [0.15, 0.2) is 0 Å². The van der Waals surface area contributed by atoms with Crippen molar-refractivity contribution in [1.82, 2.24) is 5.32 Å². The monoisotopic (exact) mass is 312 g/mol. The van der Waals surface area contributed by atoms with Crippen molar-refractivity contribution in [2.24, 2.45) is 5.73 Å². The van der Waals surface area contributed by atoms with Gasteiger partial charge in [-0.3, -0.25) is 4.79 Å². The number of amides is 1. The van der Waals surface area contributed by atoms with Gasteiger partial charge in [-0.25, -0.2) is 0 Å². The van der Waals surface area contributed by atoms with E-state index in [0.717, 1.165) is 17.3 Å². The first kappa shape index (κ1) is 15.2. The molecule has 1 aromatic rings. The van der Waals surface area contributed by atoms with Crippen LogP contribution in [-0.2, 0) is 11.2 Å². The number of hydrogen-bond donors (Lipinski definition) is 2. The summed E-state index contributed by atoms with van der Waals surface area (Å²) < 4.78 is 1.10. The summed E-state index contributed by atoms with van der Waals surface area (Å²) in [6.07, 6.45) is 2.13. The Bertz CT molecular complexity index is 405. The van der Waals surface area contributed by atoms with E-state index in [-0.39, 0.29) is 11.9 Å². The summed E-state index contributed by atoms with van der Waals surface area (Å²) in [7, 11) is 0. The predicted octanol–water partition coefficient (Wildman–Crippen LogP) is 2.54. The fourth-order valence-corrected chi connectivity index (χ4v) is 1.89. The number of carbonyl (C=O) groups excluding carboxylic acids is 1. The zero-order valence-corrected chi connectivity index (χ0v) is 12.6. The number of aryl methyl sites for hydroxylation is 2. The predicted molar refractivity (Wildman–Crippen MR) is 78.5 cm³/mol. The molecule has 1 unspecified atom stereocenters. The fourth-order valence-electron chi connectivity index (χ4n) is 1.65. The van der Waals surface area contributed by atoms with Gasteiger partial charge in [-0.05, 0) is 43.9 Å². The van der Waals surface area contributed by atoms with E-state index >= 15 is 0 Å². The quantitative estimate of drug-likeness (QED) is 0.848. The van der Waals surface area contributed by atoms with Crippen molar-refractivity contribution in [1.29, 1.82) is 0 Å². The van der Waals surface area contributed by atoms with Crippen LogP contribution in [0.5, 0.6) is 0 Å². The maximum Gasteiger partial charge on any atom is 0.220 e. The average molecular weight is 313 g/mol. The highest BCUT2D eigenvalue weighted by atomic mass is 79.9. The van der Waals surface area contributed by atoms with E-state index in [0.29, 0.717) is 13.0 Å². The van der Waals surface area contributed by atoms with Crippen LogP contribution in [0.3, 0.4) is 0 Å². The highest BCUT2D eigenvalue weighted by Crippen LogP contribution is 2.17. The number of hydrogen-bond acceptors (Lipinski definition) is 2. The second-order valence-corrected chi connectivity index (χ2v) is 5.55. The number of halogens is 1. The van der Waals surface area contributed by atoms with Crippen LogP contribution in [-0.4, -0.2) is 18.5 Å². The van der Waals surface area contributed by atoms with Gasteiger partial charge in [0.2, 0.25) is 5.91 Å². The zero-order valence-electron chi connectivity index (χ0n) is 11.0. The molecule has 0 saturated carbocycles. The van der Waals surface area contributed by atoms with Gasteiger partial charge in [0.05, 0.1) is 0 Å². The molecule has 0 aliphatic heterocycles. The van der Waals surface area contributed by atoms with Crippen LogP contribution in [0.25, 0.3) is 0 Å². The summed E-state index contributed by atoms with van der Waals surface area (Å²) in [6, 6.07) is 6.32. The van der Waals surface area contributed by atoms with Gasteiger partial charge in [0.1, 0.15) is 0 Å². The summed E-state index contributed by atoms with van der Waals surface area (Å²) in [5.41, 5.74) is 8.01. The van der Waals surface area contributed by atoms with Crippen molar-refractivity contribution >= 4 is 21.8 Å². The van der Waals surface area contributed by atoms with Gasteiger partial charge in [-0.15, -0.1) is 0 Å². The summed E-state index contributed by atoms with van der Waals surface area (Å²) in [5.74, 6) is 0.0937.